The topological polar surface area (TPSA) is 32.3 Å². The van der Waals surface area contributed by atoms with E-state index in [-0.39, 0.29) is 11.9 Å². The van der Waals surface area contributed by atoms with Crippen LogP contribution in [0.15, 0.2) is 48.5 Å². The monoisotopic (exact) mass is 292 g/mol. The van der Waals surface area contributed by atoms with Gasteiger partial charge in [-0.05, 0) is 41.6 Å². The Morgan fingerprint density at radius 3 is 2.09 bits per heavy atom. The molecule has 0 radical (unpaired) electrons. The first kappa shape index (κ1) is 13.5. The van der Waals surface area contributed by atoms with Gasteiger partial charge in [0.15, 0.2) is 0 Å². The maximum atomic E-state index is 12.8. The first-order chi connectivity index (χ1) is 10.8. The molecule has 0 aliphatic carbocycles. The fourth-order valence-electron chi connectivity index (χ4n) is 3.58. The van der Waals surface area contributed by atoms with Gasteiger partial charge in [-0.3, -0.25) is 4.79 Å². The maximum Gasteiger partial charge on any atom is 0.240 e. The summed E-state index contributed by atoms with van der Waals surface area (Å²) >= 11 is 0. The summed E-state index contributed by atoms with van der Waals surface area (Å²) in [5, 5.41) is 3.33. The van der Waals surface area contributed by atoms with Crippen LogP contribution in [-0.4, -0.2) is 23.4 Å². The first-order valence-electron chi connectivity index (χ1n) is 8.01. The number of amides is 1. The molecule has 2 aromatic carbocycles. The van der Waals surface area contributed by atoms with Crippen LogP contribution >= 0.6 is 0 Å². The van der Waals surface area contributed by atoms with E-state index in [2.05, 4.69) is 53.8 Å². The maximum absolute atomic E-state index is 12.8. The molecule has 2 aromatic rings. The van der Waals surface area contributed by atoms with E-state index in [4.69, 9.17) is 0 Å². The lowest BCUT2D eigenvalue weighted by atomic mass is 9.97. The van der Waals surface area contributed by atoms with E-state index in [1.165, 1.54) is 22.3 Å². The molecule has 1 N–H and O–H groups in total. The zero-order valence-corrected chi connectivity index (χ0v) is 12.6. The van der Waals surface area contributed by atoms with Gasteiger partial charge in [0.1, 0.15) is 0 Å². The lowest BCUT2D eigenvalue weighted by Crippen LogP contribution is -2.42. The van der Waals surface area contributed by atoms with Gasteiger partial charge in [-0.15, -0.1) is 0 Å². The third-order valence-electron chi connectivity index (χ3n) is 4.72. The highest BCUT2D eigenvalue weighted by atomic mass is 16.2. The fourth-order valence-corrected chi connectivity index (χ4v) is 3.58. The van der Waals surface area contributed by atoms with Gasteiger partial charge in [-0.1, -0.05) is 48.5 Å². The zero-order chi connectivity index (χ0) is 14.9. The lowest BCUT2D eigenvalue weighted by molar-refractivity contribution is -0.134. The van der Waals surface area contributed by atoms with E-state index in [1.54, 1.807) is 0 Å². The van der Waals surface area contributed by atoms with Crippen LogP contribution in [0.25, 0.3) is 11.1 Å². The smallest absolute Gasteiger partial charge is 0.240 e. The van der Waals surface area contributed by atoms with Crippen LogP contribution in [0.3, 0.4) is 0 Å². The molecule has 0 saturated carbocycles. The Morgan fingerprint density at radius 2 is 1.55 bits per heavy atom. The Balaban J connectivity index is 1.75. The minimum absolute atomic E-state index is 0.00238. The molecule has 3 heteroatoms. The zero-order valence-electron chi connectivity index (χ0n) is 12.6. The molecule has 0 aromatic heterocycles. The van der Waals surface area contributed by atoms with Gasteiger partial charge in [-0.2, -0.15) is 0 Å². The van der Waals surface area contributed by atoms with Gasteiger partial charge in [0.2, 0.25) is 5.91 Å². The van der Waals surface area contributed by atoms with Gasteiger partial charge in [0, 0.05) is 13.1 Å². The summed E-state index contributed by atoms with van der Waals surface area (Å²) in [7, 11) is 0. The number of benzene rings is 2. The molecular formula is C19H20N2O. The minimum atomic E-state index is -0.00238. The van der Waals surface area contributed by atoms with Crippen molar-refractivity contribution in [3.8, 4) is 11.1 Å². The van der Waals surface area contributed by atoms with Gasteiger partial charge >= 0.3 is 0 Å². The van der Waals surface area contributed by atoms with Crippen molar-refractivity contribution in [1.82, 2.24) is 10.2 Å². The van der Waals surface area contributed by atoms with Crippen LogP contribution in [0.5, 0.6) is 0 Å². The highest BCUT2D eigenvalue weighted by molar-refractivity contribution is 5.83. The number of nitrogens with zero attached hydrogens (tertiary/aromatic N) is 1. The fraction of sp³-hybridized carbons (Fsp3) is 0.316. The minimum Gasteiger partial charge on any atom is -0.333 e. The average Bonchev–Trinajstić information content (AvgIpc) is 3.03. The van der Waals surface area contributed by atoms with Crippen LogP contribution in [0.1, 0.15) is 24.0 Å². The van der Waals surface area contributed by atoms with Crippen molar-refractivity contribution in [2.75, 3.05) is 6.54 Å². The number of hydrogen-bond acceptors (Lipinski definition) is 2. The molecule has 4 rings (SSSR count). The molecule has 1 amide bonds. The molecule has 0 spiro atoms. The second-order valence-corrected chi connectivity index (χ2v) is 6.16. The third kappa shape index (κ3) is 2.32. The predicted molar refractivity (Wildman–Crippen MR) is 87.2 cm³/mol. The standard InChI is InChI=1S/C19H20N2O/c22-19(18-10-5-11-20-18)21-12-14-6-1-3-8-16(14)17-9-4-2-7-15(17)13-21/h1-4,6-9,18,20H,5,10-13H2. The van der Waals surface area contributed by atoms with Crippen molar-refractivity contribution < 1.29 is 4.79 Å². The molecule has 22 heavy (non-hydrogen) atoms. The summed E-state index contributed by atoms with van der Waals surface area (Å²) in [6.45, 7) is 2.35. The molecule has 1 fully saturated rings. The molecule has 1 saturated heterocycles. The Hall–Kier alpha value is -2.13. The predicted octanol–water partition coefficient (Wildman–Crippen LogP) is 2.95. The molecule has 1 unspecified atom stereocenters. The first-order valence-corrected chi connectivity index (χ1v) is 8.01. The Labute approximate surface area is 131 Å². The van der Waals surface area contributed by atoms with Crippen molar-refractivity contribution >= 4 is 5.91 Å². The van der Waals surface area contributed by atoms with E-state index in [9.17, 15) is 4.79 Å². The summed E-state index contributed by atoms with van der Waals surface area (Å²) in [5.41, 5.74) is 4.98. The second-order valence-electron chi connectivity index (χ2n) is 6.16. The van der Waals surface area contributed by atoms with Crippen molar-refractivity contribution in [3.63, 3.8) is 0 Å². The van der Waals surface area contributed by atoms with Crippen molar-refractivity contribution in [1.29, 1.82) is 0 Å². The van der Waals surface area contributed by atoms with Gasteiger partial charge in [0.05, 0.1) is 6.04 Å². The van der Waals surface area contributed by atoms with Crippen LogP contribution in [-0.2, 0) is 17.9 Å². The van der Waals surface area contributed by atoms with Gasteiger partial charge in [-0.25, -0.2) is 0 Å². The highest BCUT2D eigenvalue weighted by Gasteiger charge is 2.29. The molecule has 0 bridgehead atoms. The molecule has 1 atom stereocenters. The number of hydrogen-bond donors (Lipinski definition) is 1. The van der Waals surface area contributed by atoms with Crippen molar-refractivity contribution in [2.45, 2.75) is 32.0 Å². The molecule has 2 heterocycles. The Bertz CT molecular complexity index is 657. The number of fused-ring (bicyclic) bond motifs is 3. The van der Waals surface area contributed by atoms with Crippen molar-refractivity contribution in [3.05, 3.63) is 59.7 Å². The quantitative estimate of drug-likeness (QED) is 0.876. The van der Waals surface area contributed by atoms with Gasteiger partial charge < -0.3 is 10.2 Å². The van der Waals surface area contributed by atoms with Crippen LogP contribution in [0, 0.1) is 0 Å². The summed E-state index contributed by atoms with van der Waals surface area (Å²) in [6.07, 6.45) is 2.05. The number of nitrogens with one attached hydrogen (secondary N) is 1. The van der Waals surface area contributed by atoms with E-state index in [0.717, 1.165) is 19.4 Å². The second kappa shape index (κ2) is 5.58. The SMILES string of the molecule is O=C(C1CCCN1)N1Cc2ccccc2-c2ccccc2C1. The molecule has 112 valence electrons. The summed E-state index contributed by atoms with van der Waals surface area (Å²) < 4.78 is 0. The van der Waals surface area contributed by atoms with E-state index < -0.39 is 0 Å². The number of carbonyl (C=O) groups is 1. The average molecular weight is 292 g/mol. The molecule has 2 aliphatic heterocycles. The number of carbonyl (C=O) groups excluding carboxylic acids is 1. The Morgan fingerprint density at radius 1 is 0.955 bits per heavy atom. The normalized spacial score (nSPS) is 20.2. The van der Waals surface area contributed by atoms with Gasteiger partial charge in [0.25, 0.3) is 0 Å². The highest BCUT2D eigenvalue weighted by Crippen LogP contribution is 2.32. The molecular weight excluding hydrogens is 272 g/mol. The third-order valence-corrected chi connectivity index (χ3v) is 4.72. The Kier molecular flexibility index (Phi) is 3.43. The summed E-state index contributed by atoms with van der Waals surface area (Å²) in [6, 6.07) is 16.9. The van der Waals surface area contributed by atoms with E-state index in [1.807, 2.05) is 4.90 Å². The summed E-state index contributed by atoms with van der Waals surface area (Å²) in [4.78, 5) is 14.8. The lowest BCUT2D eigenvalue weighted by Gasteiger charge is -2.24. The van der Waals surface area contributed by atoms with Crippen LogP contribution in [0.4, 0.5) is 0 Å². The molecule has 2 aliphatic rings. The van der Waals surface area contributed by atoms with Crippen LogP contribution in [0.2, 0.25) is 0 Å². The van der Waals surface area contributed by atoms with Crippen molar-refractivity contribution in [2.24, 2.45) is 0 Å². The summed E-state index contributed by atoms with van der Waals surface area (Å²) in [5.74, 6) is 0.240. The van der Waals surface area contributed by atoms with E-state index in [0.29, 0.717) is 13.1 Å². The van der Waals surface area contributed by atoms with E-state index >= 15 is 0 Å². The van der Waals surface area contributed by atoms with Crippen LogP contribution < -0.4 is 5.32 Å². The molecule has 3 nitrogen and oxygen atoms in total. The largest absolute Gasteiger partial charge is 0.333 e. The number of rotatable bonds is 1.